The van der Waals surface area contributed by atoms with Crippen molar-refractivity contribution >= 4 is 35.2 Å². The predicted octanol–water partition coefficient (Wildman–Crippen LogP) is 3.86. The lowest BCUT2D eigenvalue weighted by molar-refractivity contribution is -0.113. The summed E-state index contributed by atoms with van der Waals surface area (Å²) < 4.78 is 11.9. The summed E-state index contributed by atoms with van der Waals surface area (Å²) >= 11 is 1.23. The van der Waals surface area contributed by atoms with E-state index >= 15 is 0 Å². The van der Waals surface area contributed by atoms with Gasteiger partial charge >= 0.3 is 5.97 Å². The Morgan fingerprint density at radius 2 is 1.65 bits per heavy atom. The minimum absolute atomic E-state index is 0.0452. The summed E-state index contributed by atoms with van der Waals surface area (Å²) in [5.41, 5.74) is 1.49. The first-order chi connectivity index (χ1) is 17.7. The number of thioether (sulfide) groups is 1. The second kappa shape index (κ2) is 12.9. The van der Waals surface area contributed by atoms with Gasteiger partial charge in [-0.2, -0.15) is 0 Å². The highest BCUT2D eigenvalue weighted by Crippen LogP contribution is 2.25. The van der Waals surface area contributed by atoms with E-state index in [0.717, 1.165) is 0 Å². The Morgan fingerprint density at radius 1 is 1.00 bits per heavy atom. The molecule has 0 fully saturated rings. The van der Waals surface area contributed by atoms with Crippen molar-refractivity contribution in [2.75, 3.05) is 24.8 Å². The van der Waals surface area contributed by atoms with Gasteiger partial charge in [-0.1, -0.05) is 25.6 Å². The highest BCUT2D eigenvalue weighted by molar-refractivity contribution is 7.99. The molecule has 196 valence electrons. The van der Waals surface area contributed by atoms with Crippen molar-refractivity contribution in [2.24, 2.45) is 13.0 Å². The number of rotatable bonds is 11. The van der Waals surface area contributed by atoms with Gasteiger partial charge in [-0.3, -0.25) is 9.59 Å². The molecule has 0 aliphatic heterocycles. The Labute approximate surface area is 220 Å². The lowest BCUT2D eigenvalue weighted by Crippen LogP contribution is -2.33. The molecule has 10 nitrogen and oxygen atoms in total. The molecular weight excluding hydrogens is 494 g/mol. The van der Waals surface area contributed by atoms with Crippen LogP contribution in [0, 0.1) is 5.92 Å². The number of nitrogens with one attached hydrogen (secondary N) is 2. The van der Waals surface area contributed by atoms with Crippen LogP contribution >= 0.6 is 11.8 Å². The summed E-state index contributed by atoms with van der Waals surface area (Å²) in [6, 6.07) is 13.0. The molecule has 0 aliphatic rings. The van der Waals surface area contributed by atoms with Crippen LogP contribution in [-0.2, 0) is 16.6 Å². The Balaban J connectivity index is 1.60. The number of carbonyl (C=O) groups excluding carboxylic acids is 3. The highest BCUT2D eigenvalue weighted by Gasteiger charge is 2.25. The van der Waals surface area contributed by atoms with Gasteiger partial charge in [-0.15, -0.1) is 10.2 Å². The maximum absolute atomic E-state index is 12.8. The van der Waals surface area contributed by atoms with Crippen molar-refractivity contribution in [3.05, 3.63) is 65.5 Å². The maximum atomic E-state index is 12.8. The molecule has 0 bridgehead atoms. The third-order valence-electron chi connectivity index (χ3n) is 5.46. The first-order valence-corrected chi connectivity index (χ1v) is 12.8. The molecule has 2 amide bonds. The van der Waals surface area contributed by atoms with Crippen LogP contribution in [0.1, 0.15) is 53.4 Å². The highest BCUT2D eigenvalue weighted by atomic mass is 32.2. The molecular formula is C26H31N5O5S. The number of anilines is 1. The number of hydrogen-bond acceptors (Lipinski definition) is 8. The molecule has 11 heteroatoms. The van der Waals surface area contributed by atoms with Crippen molar-refractivity contribution in [1.82, 2.24) is 20.1 Å². The predicted molar refractivity (Wildman–Crippen MR) is 141 cm³/mol. The molecule has 3 aromatic rings. The molecule has 0 saturated carbocycles. The van der Waals surface area contributed by atoms with Crippen molar-refractivity contribution in [3.8, 4) is 5.75 Å². The number of aromatic nitrogens is 3. The number of esters is 1. The monoisotopic (exact) mass is 525 g/mol. The number of methoxy groups -OCH3 is 1. The van der Waals surface area contributed by atoms with Gasteiger partial charge in [0.1, 0.15) is 5.75 Å². The van der Waals surface area contributed by atoms with Gasteiger partial charge in [-0.05, 0) is 61.4 Å². The fourth-order valence-electron chi connectivity index (χ4n) is 3.45. The first kappa shape index (κ1) is 27.7. The molecule has 1 heterocycles. The van der Waals surface area contributed by atoms with Crippen LogP contribution in [0.3, 0.4) is 0 Å². The van der Waals surface area contributed by atoms with Gasteiger partial charge in [0.15, 0.2) is 11.0 Å². The number of hydrogen-bond donors (Lipinski definition) is 2. The number of carbonyl (C=O) groups is 3. The Morgan fingerprint density at radius 3 is 2.24 bits per heavy atom. The number of ether oxygens (including phenoxy) is 2. The topological polar surface area (TPSA) is 124 Å². The van der Waals surface area contributed by atoms with Gasteiger partial charge < -0.3 is 24.7 Å². The van der Waals surface area contributed by atoms with Crippen molar-refractivity contribution in [3.63, 3.8) is 0 Å². The van der Waals surface area contributed by atoms with E-state index in [1.807, 2.05) is 13.8 Å². The summed E-state index contributed by atoms with van der Waals surface area (Å²) in [5.74, 6) is 0.547. The van der Waals surface area contributed by atoms with Crippen LogP contribution in [-0.4, -0.2) is 52.0 Å². The van der Waals surface area contributed by atoms with Gasteiger partial charge in [0, 0.05) is 18.3 Å². The molecule has 0 unspecified atom stereocenters. The second-order valence-corrected chi connectivity index (χ2v) is 9.40. The third-order valence-corrected chi connectivity index (χ3v) is 6.48. The summed E-state index contributed by atoms with van der Waals surface area (Å²) in [6.45, 7) is 6.01. The summed E-state index contributed by atoms with van der Waals surface area (Å²) in [7, 11) is 3.38. The first-order valence-electron chi connectivity index (χ1n) is 11.8. The van der Waals surface area contributed by atoms with Gasteiger partial charge in [-0.25, -0.2) is 4.79 Å². The molecule has 37 heavy (non-hydrogen) atoms. The fourth-order valence-corrected chi connectivity index (χ4v) is 4.17. The number of nitrogens with zero attached hydrogens (tertiary/aromatic N) is 3. The second-order valence-electron chi connectivity index (χ2n) is 8.46. The van der Waals surface area contributed by atoms with Crippen LogP contribution < -0.4 is 15.4 Å². The summed E-state index contributed by atoms with van der Waals surface area (Å²) in [6.07, 6.45) is 0. The standard InChI is InChI=1S/C26H31N5O5S/c1-6-36-25(34)18-7-11-19(12-8-18)27-21(32)15-37-26-30-29-23(31(26)4)22(16(2)3)28-24(33)17-9-13-20(35-5)14-10-17/h7-14,16,22H,6,15H2,1-5H3,(H,27,32)(H,28,33)/t22-/m1/s1. The van der Waals surface area contributed by atoms with Gasteiger partial charge in [0.25, 0.3) is 5.91 Å². The molecule has 1 atom stereocenters. The van der Waals surface area contributed by atoms with E-state index in [9.17, 15) is 14.4 Å². The normalized spacial score (nSPS) is 11.6. The average molecular weight is 526 g/mol. The largest absolute Gasteiger partial charge is 0.497 e. The van der Waals surface area contributed by atoms with Gasteiger partial charge in [0.05, 0.1) is 31.1 Å². The lowest BCUT2D eigenvalue weighted by Gasteiger charge is -2.21. The van der Waals surface area contributed by atoms with E-state index in [-0.39, 0.29) is 29.5 Å². The minimum Gasteiger partial charge on any atom is -0.497 e. The van der Waals surface area contributed by atoms with E-state index in [2.05, 4.69) is 20.8 Å². The lowest BCUT2D eigenvalue weighted by atomic mass is 10.0. The molecule has 0 radical (unpaired) electrons. The number of amides is 2. The van der Waals surface area contributed by atoms with Crippen LogP contribution in [0.25, 0.3) is 0 Å². The summed E-state index contributed by atoms with van der Waals surface area (Å²) in [4.78, 5) is 37.1. The average Bonchev–Trinajstić information content (AvgIpc) is 3.26. The zero-order chi connectivity index (χ0) is 26.9. The van der Waals surface area contributed by atoms with Crippen molar-refractivity contribution in [1.29, 1.82) is 0 Å². The molecule has 3 rings (SSSR count). The van der Waals surface area contributed by atoms with Crippen LogP contribution in [0.2, 0.25) is 0 Å². The smallest absolute Gasteiger partial charge is 0.338 e. The number of benzene rings is 2. The minimum atomic E-state index is -0.408. The fraction of sp³-hybridized carbons (Fsp3) is 0.346. The van der Waals surface area contributed by atoms with Gasteiger partial charge in [0.2, 0.25) is 5.91 Å². The third kappa shape index (κ3) is 7.32. The Hall–Kier alpha value is -3.86. The van der Waals surface area contributed by atoms with Crippen molar-refractivity contribution < 1.29 is 23.9 Å². The molecule has 2 N–H and O–H groups in total. The molecule has 1 aromatic heterocycles. The van der Waals surface area contributed by atoms with Crippen LogP contribution in [0.5, 0.6) is 5.75 Å². The maximum Gasteiger partial charge on any atom is 0.338 e. The van der Waals surface area contributed by atoms with E-state index in [0.29, 0.717) is 40.2 Å². The Kier molecular flexibility index (Phi) is 9.67. The molecule has 0 saturated heterocycles. The van der Waals surface area contributed by atoms with E-state index in [1.165, 1.54) is 11.8 Å². The summed E-state index contributed by atoms with van der Waals surface area (Å²) in [5, 5.41) is 14.9. The quantitative estimate of drug-likeness (QED) is 0.286. The SMILES string of the molecule is CCOC(=O)c1ccc(NC(=O)CSc2nnc([C@H](NC(=O)c3ccc(OC)cc3)C(C)C)n2C)cc1. The van der Waals surface area contributed by atoms with Crippen molar-refractivity contribution in [2.45, 2.75) is 32.0 Å². The van der Waals surface area contributed by atoms with E-state index in [1.54, 1.807) is 74.2 Å². The van der Waals surface area contributed by atoms with E-state index < -0.39 is 5.97 Å². The van der Waals surface area contributed by atoms with E-state index in [4.69, 9.17) is 9.47 Å². The molecule has 2 aromatic carbocycles. The molecule has 0 spiro atoms. The Bertz CT molecular complexity index is 1230. The van der Waals surface area contributed by atoms with Crippen LogP contribution in [0.4, 0.5) is 5.69 Å². The van der Waals surface area contributed by atoms with Crippen LogP contribution in [0.15, 0.2) is 53.7 Å². The molecule has 0 aliphatic carbocycles. The zero-order valence-corrected chi connectivity index (χ0v) is 22.3. The zero-order valence-electron chi connectivity index (χ0n) is 21.5.